The van der Waals surface area contributed by atoms with Crippen LogP contribution in [0, 0.1) is 0 Å². The molecular formula is C17H26N6O3. The number of hydrogen-bond acceptors (Lipinski definition) is 6. The molecular weight excluding hydrogens is 336 g/mol. The molecule has 9 heteroatoms. The van der Waals surface area contributed by atoms with Crippen LogP contribution < -0.4 is 5.69 Å². The maximum atomic E-state index is 12.2. The van der Waals surface area contributed by atoms with Gasteiger partial charge in [-0.1, -0.05) is 0 Å². The summed E-state index contributed by atoms with van der Waals surface area (Å²) in [4.78, 5) is 26.5. The van der Waals surface area contributed by atoms with Gasteiger partial charge in [0, 0.05) is 38.2 Å². The topological polar surface area (TPSA) is 98.0 Å². The maximum absolute atomic E-state index is 12.2. The number of nitrogens with one attached hydrogen (secondary N) is 1. The van der Waals surface area contributed by atoms with Crippen LogP contribution in [-0.4, -0.2) is 55.1 Å². The van der Waals surface area contributed by atoms with Crippen molar-refractivity contribution in [1.82, 2.24) is 29.4 Å². The van der Waals surface area contributed by atoms with Crippen LogP contribution >= 0.6 is 0 Å². The van der Waals surface area contributed by atoms with Gasteiger partial charge in [-0.25, -0.2) is 14.3 Å². The zero-order valence-electron chi connectivity index (χ0n) is 15.6. The van der Waals surface area contributed by atoms with E-state index in [2.05, 4.69) is 20.2 Å². The van der Waals surface area contributed by atoms with Crippen LogP contribution in [0.5, 0.6) is 0 Å². The van der Waals surface area contributed by atoms with E-state index in [1.807, 2.05) is 6.92 Å². The number of hydrogen-bond donors (Lipinski definition) is 1. The third kappa shape index (κ3) is 3.57. The molecule has 0 saturated carbocycles. The van der Waals surface area contributed by atoms with Crippen molar-refractivity contribution >= 4 is 5.97 Å². The van der Waals surface area contributed by atoms with Gasteiger partial charge in [0.15, 0.2) is 0 Å². The van der Waals surface area contributed by atoms with Crippen molar-refractivity contribution in [2.45, 2.75) is 45.7 Å². The van der Waals surface area contributed by atoms with Gasteiger partial charge in [0.1, 0.15) is 11.5 Å². The molecule has 3 rings (SSSR count). The number of H-pyrrole nitrogens is 1. The number of aryl methyl sites for hydroxylation is 1. The lowest BCUT2D eigenvalue weighted by Gasteiger charge is -2.32. The van der Waals surface area contributed by atoms with Gasteiger partial charge in [-0.05, 0) is 33.2 Å². The van der Waals surface area contributed by atoms with Crippen molar-refractivity contribution in [3.63, 3.8) is 0 Å². The molecule has 2 aromatic heterocycles. The number of nitrogens with zero attached hydrogens (tertiary/aromatic N) is 5. The van der Waals surface area contributed by atoms with E-state index in [0.717, 1.165) is 37.3 Å². The summed E-state index contributed by atoms with van der Waals surface area (Å²) in [7, 11) is 1.69. The van der Waals surface area contributed by atoms with Gasteiger partial charge in [0.05, 0.1) is 12.8 Å². The summed E-state index contributed by atoms with van der Waals surface area (Å²) in [5.74, 6) is 0.677. The summed E-state index contributed by atoms with van der Waals surface area (Å²) in [6.07, 6.45) is 3.70. The SMILES string of the molecule is CCOC(=O)c1[nH]ncc1CN1CCC[C@@H](c2nn(C)c(=O)n2CC)C1. The minimum Gasteiger partial charge on any atom is -0.461 e. The highest BCUT2D eigenvalue weighted by Crippen LogP contribution is 2.26. The second kappa shape index (κ2) is 7.86. The van der Waals surface area contributed by atoms with Crippen LogP contribution in [0.2, 0.25) is 0 Å². The standard InChI is InChI=1S/C17H26N6O3/c1-4-23-15(20-21(3)17(23)25)12-7-6-8-22(10-12)11-13-9-18-19-14(13)16(24)26-5-2/h9,12H,4-8,10-11H2,1-3H3,(H,18,19)/t12-/m1/s1. The summed E-state index contributed by atoms with van der Waals surface area (Å²) in [6, 6.07) is 0. The first-order valence-corrected chi connectivity index (χ1v) is 9.10. The fourth-order valence-electron chi connectivity index (χ4n) is 3.58. The van der Waals surface area contributed by atoms with E-state index in [1.54, 1.807) is 24.7 Å². The van der Waals surface area contributed by atoms with Gasteiger partial charge in [0.25, 0.3) is 0 Å². The van der Waals surface area contributed by atoms with Crippen molar-refractivity contribution in [3.05, 3.63) is 33.8 Å². The first-order chi connectivity index (χ1) is 12.5. The molecule has 1 saturated heterocycles. The molecule has 26 heavy (non-hydrogen) atoms. The first-order valence-electron chi connectivity index (χ1n) is 9.10. The smallest absolute Gasteiger partial charge is 0.356 e. The van der Waals surface area contributed by atoms with Gasteiger partial charge >= 0.3 is 11.7 Å². The van der Waals surface area contributed by atoms with E-state index in [4.69, 9.17) is 4.74 Å². The molecule has 0 spiro atoms. The average Bonchev–Trinajstić information content (AvgIpc) is 3.20. The molecule has 142 valence electrons. The van der Waals surface area contributed by atoms with Crippen molar-refractivity contribution in [2.24, 2.45) is 7.05 Å². The van der Waals surface area contributed by atoms with Gasteiger partial charge in [0.2, 0.25) is 0 Å². The summed E-state index contributed by atoms with van der Waals surface area (Å²) in [5, 5.41) is 11.2. The molecule has 0 bridgehead atoms. The Labute approximate surface area is 151 Å². The summed E-state index contributed by atoms with van der Waals surface area (Å²) in [5.41, 5.74) is 1.18. The van der Waals surface area contributed by atoms with E-state index in [-0.39, 0.29) is 17.6 Å². The summed E-state index contributed by atoms with van der Waals surface area (Å²) >= 11 is 0. The van der Waals surface area contributed by atoms with Gasteiger partial charge in [-0.3, -0.25) is 14.6 Å². The molecule has 3 heterocycles. The summed E-state index contributed by atoms with van der Waals surface area (Å²) < 4.78 is 8.23. The van der Waals surface area contributed by atoms with E-state index in [1.165, 1.54) is 4.68 Å². The molecule has 0 aliphatic carbocycles. The van der Waals surface area contributed by atoms with E-state index < -0.39 is 0 Å². The molecule has 0 radical (unpaired) electrons. The van der Waals surface area contributed by atoms with Gasteiger partial charge in [-0.15, -0.1) is 0 Å². The largest absolute Gasteiger partial charge is 0.461 e. The number of ether oxygens (including phenoxy) is 1. The first kappa shape index (κ1) is 18.4. The Morgan fingerprint density at radius 3 is 2.96 bits per heavy atom. The Bertz CT molecular complexity index is 821. The number of carbonyl (C=O) groups is 1. The molecule has 1 fully saturated rings. The summed E-state index contributed by atoms with van der Waals surface area (Å²) in [6.45, 7) is 7.04. The second-order valence-electron chi connectivity index (χ2n) is 6.57. The van der Waals surface area contributed by atoms with E-state index in [0.29, 0.717) is 25.4 Å². The molecule has 0 unspecified atom stereocenters. The lowest BCUT2D eigenvalue weighted by molar-refractivity contribution is 0.0516. The highest BCUT2D eigenvalue weighted by atomic mass is 16.5. The number of piperidine rings is 1. The van der Waals surface area contributed by atoms with Crippen LogP contribution in [0.4, 0.5) is 0 Å². The molecule has 1 N–H and O–H groups in total. The Hall–Kier alpha value is -2.42. The van der Waals surface area contributed by atoms with Crippen LogP contribution in [0.25, 0.3) is 0 Å². The van der Waals surface area contributed by atoms with Crippen molar-refractivity contribution in [2.75, 3.05) is 19.7 Å². The number of likely N-dealkylation sites (tertiary alicyclic amines) is 1. The van der Waals surface area contributed by atoms with Gasteiger partial charge < -0.3 is 4.74 Å². The highest BCUT2D eigenvalue weighted by Gasteiger charge is 2.27. The highest BCUT2D eigenvalue weighted by molar-refractivity contribution is 5.88. The predicted molar refractivity (Wildman–Crippen MR) is 94.9 cm³/mol. The fourth-order valence-corrected chi connectivity index (χ4v) is 3.58. The Morgan fingerprint density at radius 1 is 1.42 bits per heavy atom. The van der Waals surface area contributed by atoms with Crippen molar-refractivity contribution in [3.8, 4) is 0 Å². The van der Waals surface area contributed by atoms with Gasteiger partial charge in [-0.2, -0.15) is 10.2 Å². The lowest BCUT2D eigenvalue weighted by Crippen LogP contribution is -2.35. The molecule has 0 aromatic carbocycles. The normalized spacial score (nSPS) is 18.2. The average molecular weight is 362 g/mol. The number of esters is 1. The lowest BCUT2D eigenvalue weighted by atomic mass is 9.96. The molecule has 1 aliphatic heterocycles. The van der Waals surface area contributed by atoms with Crippen LogP contribution in [0.15, 0.2) is 11.0 Å². The Balaban J connectivity index is 1.74. The van der Waals surface area contributed by atoms with Crippen LogP contribution in [0.3, 0.4) is 0 Å². The van der Waals surface area contributed by atoms with E-state index in [9.17, 15) is 9.59 Å². The van der Waals surface area contributed by atoms with Crippen molar-refractivity contribution in [1.29, 1.82) is 0 Å². The molecule has 9 nitrogen and oxygen atoms in total. The van der Waals surface area contributed by atoms with E-state index >= 15 is 0 Å². The fraction of sp³-hybridized carbons (Fsp3) is 0.647. The second-order valence-corrected chi connectivity index (χ2v) is 6.57. The van der Waals surface area contributed by atoms with Crippen molar-refractivity contribution < 1.29 is 9.53 Å². The monoisotopic (exact) mass is 362 g/mol. The van der Waals surface area contributed by atoms with Crippen LogP contribution in [-0.2, 0) is 24.9 Å². The molecule has 0 amide bonds. The Morgan fingerprint density at radius 2 is 2.23 bits per heavy atom. The predicted octanol–water partition coefficient (Wildman–Crippen LogP) is 0.881. The number of aromatic amines is 1. The number of aromatic nitrogens is 5. The zero-order chi connectivity index (χ0) is 18.7. The quantitative estimate of drug-likeness (QED) is 0.766. The Kier molecular flexibility index (Phi) is 5.55. The zero-order valence-corrected chi connectivity index (χ0v) is 15.6. The molecule has 1 aliphatic rings. The maximum Gasteiger partial charge on any atom is 0.356 e. The number of carbonyl (C=O) groups excluding carboxylic acids is 1. The van der Waals surface area contributed by atoms with Crippen LogP contribution in [0.1, 0.15) is 54.5 Å². The minimum atomic E-state index is -0.377. The third-order valence-electron chi connectivity index (χ3n) is 4.81. The third-order valence-corrected chi connectivity index (χ3v) is 4.81. The molecule has 2 aromatic rings. The molecule has 1 atom stereocenters. The minimum absolute atomic E-state index is 0.0703. The number of rotatable bonds is 6.